The number of ether oxygens (including phenoxy) is 2. The number of rotatable bonds is 8. The van der Waals surface area contributed by atoms with Crippen molar-refractivity contribution in [1.29, 1.82) is 0 Å². The summed E-state index contributed by atoms with van der Waals surface area (Å²) in [7, 11) is 1.79. The fourth-order valence-corrected chi connectivity index (χ4v) is 4.12. The van der Waals surface area contributed by atoms with Gasteiger partial charge in [-0.05, 0) is 43.1 Å². The molecule has 0 bridgehead atoms. The van der Waals surface area contributed by atoms with Crippen molar-refractivity contribution in [1.82, 2.24) is 5.32 Å². The molecule has 3 atom stereocenters. The number of halogens is 1. The molecule has 4 nitrogen and oxygen atoms in total. The maximum absolute atomic E-state index is 5.93. The number of benzene rings is 2. The molecule has 5 heteroatoms. The first-order valence-electron chi connectivity index (χ1n) is 9.73. The molecule has 2 aliphatic heterocycles. The number of anilines is 1. The Bertz CT molecular complexity index is 876. The second-order valence-corrected chi connectivity index (χ2v) is 7.74. The minimum Gasteiger partial charge on any atom is -0.362 e. The molecule has 1 saturated heterocycles. The van der Waals surface area contributed by atoms with Gasteiger partial charge < -0.3 is 14.4 Å². The largest absolute Gasteiger partial charge is 0.362 e. The lowest BCUT2D eigenvalue weighted by Gasteiger charge is -2.34. The van der Waals surface area contributed by atoms with E-state index >= 15 is 0 Å². The van der Waals surface area contributed by atoms with Crippen molar-refractivity contribution < 1.29 is 9.47 Å². The van der Waals surface area contributed by atoms with Crippen molar-refractivity contribution in [3.8, 4) is 11.8 Å². The van der Waals surface area contributed by atoms with E-state index in [-0.39, 0.29) is 12.5 Å². The van der Waals surface area contributed by atoms with Crippen LogP contribution in [0.2, 0.25) is 0 Å². The number of hydrogen-bond acceptors (Lipinski definition) is 4. The van der Waals surface area contributed by atoms with Crippen LogP contribution in [0.1, 0.15) is 29.5 Å². The Hall–Kier alpha value is -1.84. The highest BCUT2D eigenvalue weighted by atomic mass is 79.9. The molecule has 2 aliphatic rings. The Labute approximate surface area is 175 Å². The van der Waals surface area contributed by atoms with Gasteiger partial charge in [-0.15, -0.1) is 0 Å². The first-order valence-corrected chi connectivity index (χ1v) is 10.9. The van der Waals surface area contributed by atoms with Gasteiger partial charge in [0, 0.05) is 30.1 Å². The third-order valence-corrected chi connectivity index (χ3v) is 5.87. The molecular formula is C23H25BrN2O2. The highest BCUT2D eigenvalue weighted by Crippen LogP contribution is 2.29. The molecule has 4 rings (SSSR count). The summed E-state index contributed by atoms with van der Waals surface area (Å²) >= 11 is 3.45. The van der Waals surface area contributed by atoms with Crippen LogP contribution in [-0.2, 0) is 16.0 Å². The fraction of sp³-hybridized carbons (Fsp3) is 0.391. The average Bonchev–Trinajstić information content (AvgIpc) is 3.49. The van der Waals surface area contributed by atoms with Gasteiger partial charge in [0.05, 0.1) is 5.69 Å². The van der Waals surface area contributed by atoms with Crippen LogP contribution in [0.25, 0.3) is 0 Å². The van der Waals surface area contributed by atoms with E-state index in [9.17, 15) is 0 Å². The van der Waals surface area contributed by atoms with Crippen LogP contribution in [-0.4, -0.2) is 37.5 Å². The number of alkyl halides is 1. The first kappa shape index (κ1) is 19.5. The molecule has 2 aromatic carbocycles. The van der Waals surface area contributed by atoms with E-state index in [1.165, 1.54) is 5.56 Å². The van der Waals surface area contributed by atoms with Gasteiger partial charge in [-0.2, -0.15) is 0 Å². The number of fused-ring (bicyclic) bond motifs is 2. The van der Waals surface area contributed by atoms with Crippen molar-refractivity contribution >= 4 is 21.6 Å². The van der Waals surface area contributed by atoms with Crippen molar-refractivity contribution in [2.24, 2.45) is 0 Å². The normalized spacial score (nSPS) is 20.9. The molecule has 1 fully saturated rings. The number of hydrogen-bond donors (Lipinski definition) is 1. The predicted octanol–water partition coefficient (Wildman–Crippen LogP) is 3.87. The number of methoxy groups -OCH3 is 1. The van der Waals surface area contributed by atoms with Crippen LogP contribution in [0.4, 0.5) is 5.69 Å². The van der Waals surface area contributed by atoms with E-state index in [2.05, 4.69) is 74.4 Å². The zero-order chi connectivity index (χ0) is 19.3. The Morgan fingerprint density at radius 1 is 1.18 bits per heavy atom. The summed E-state index contributed by atoms with van der Waals surface area (Å²) in [5.41, 5.74) is 4.50. The molecular weight excluding hydrogens is 416 g/mol. The number of epoxide rings is 1. The standard InChI is InChI=1S/C23H25BrN2O2/c1-27-22(11-6-14-25-23-21(15-24)28-23)26-16-19-9-3-2-7-17(19)12-13-18-8-4-5-10-20(18)26/h2-5,7-10,21-23,25H,6,11,14-16H2,1H3. The smallest absolute Gasteiger partial charge is 0.136 e. The fourth-order valence-electron chi connectivity index (χ4n) is 3.63. The lowest BCUT2D eigenvalue weighted by molar-refractivity contribution is 0.0881. The van der Waals surface area contributed by atoms with E-state index in [1.54, 1.807) is 7.11 Å². The average molecular weight is 441 g/mol. The van der Waals surface area contributed by atoms with Crippen molar-refractivity contribution in [3.05, 3.63) is 65.2 Å². The Morgan fingerprint density at radius 3 is 2.71 bits per heavy atom. The quantitative estimate of drug-likeness (QED) is 0.292. The highest BCUT2D eigenvalue weighted by Gasteiger charge is 2.36. The van der Waals surface area contributed by atoms with E-state index in [4.69, 9.17) is 9.47 Å². The first-order chi connectivity index (χ1) is 13.8. The molecule has 2 heterocycles. The van der Waals surface area contributed by atoms with Crippen molar-refractivity contribution in [2.45, 2.75) is 37.9 Å². The molecule has 28 heavy (non-hydrogen) atoms. The molecule has 0 radical (unpaired) electrons. The SMILES string of the molecule is COC(CCCNC1OC1CBr)N1Cc2ccccc2C#Cc2ccccc21. The molecule has 2 aromatic rings. The van der Waals surface area contributed by atoms with E-state index in [0.717, 1.165) is 48.1 Å². The molecule has 0 amide bonds. The van der Waals surface area contributed by atoms with Crippen molar-refractivity contribution in [3.63, 3.8) is 0 Å². The summed E-state index contributed by atoms with van der Waals surface area (Å²) in [6.45, 7) is 1.70. The lowest BCUT2D eigenvalue weighted by atomic mass is 10.0. The van der Waals surface area contributed by atoms with Crippen LogP contribution >= 0.6 is 15.9 Å². The minimum atomic E-state index is -0.0111. The molecule has 0 aliphatic carbocycles. The summed E-state index contributed by atoms with van der Waals surface area (Å²) in [5, 5.41) is 4.33. The summed E-state index contributed by atoms with van der Waals surface area (Å²) in [4.78, 5) is 2.34. The predicted molar refractivity (Wildman–Crippen MR) is 116 cm³/mol. The molecule has 146 valence electrons. The zero-order valence-corrected chi connectivity index (χ0v) is 17.6. The number of para-hydroxylation sites is 1. The topological polar surface area (TPSA) is 37.0 Å². The highest BCUT2D eigenvalue weighted by molar-refractivity contribution is 9.09. The summed E-state index contributed by atoms with van der Waals surface area (Å²) in [6.07, 6.45) is 2.45. The van der Waals surface area contributed by atoms with Crippen molar-refractivity contribution in [2.75, 3.05) is 23.9 Å². The molecule has 3 unspecified atom stereocenters. The summed E-state index contributed by atoms with van der Waals surface area (Å²) < 4.78 is 11.5. The minimum absolute atomic E-state index is 0.0111. The van der Waals surface area contributed by atoms with E-state index in [1.807, 2.05) is 12.1 Å². The second-order valence-electron chi connectivity index (χ2n) is 7.09. The summed E-state index contributed by atoms with van der Waals surface area (Å²) in [6, 6.07) is 16.7. The molecule has 0 spiro atoms. The zero-order valence-electron chi connectivity index (χ0n) is 16.0. The summed E-state index contributed by atoms with van der Waals surface area (Å²) in [5.74, 6) is 6.69. The van der Waals surface area contributed by atoms with E-state index in [0.29, 0.717) is 6.10 Å². The van der Waals surface area contributed by atoms with Gasteiger partial charge >= 0.3 is 0 Å². The second kappa shape index (κ2) is 9.11. The van der Waals surface area contributed by atoms with Crippen LogP contribution in [0.3, 0.4) is 0 Å². The Morgan fingerprint density at radius 2 is 1.93 bits per heavy atom. The molecule has 0 saturated carbocycles. The maximum Gasteiger partial charge on any atom is 0.136 e. The molecule has 1 N–H and O–H groups in total. The van der Waals surface area contributed by atoms with Crippen LogP contribution in [0, 0.1) is 11.8 Å². The van der Waals surface area contributed by atoms with Crippen LogP contribution in [0.15, 0.2) is 48.5 Å². The third-order valence-electron chi connectivity index (χ3n) is 5.23. The van der Waals surface area contributed by atoms with Gasteiger partial charge in [0.2, 0.25) is 0 Å². The number of nitrogens with zero attached hydrogens (tertiary/aromatic N) is 1. The van der Waals surface area contributed by atoms with Gasteiger partial charge in [0.15, 0.2) is 0 Å². The monoisotopic (exact) mass is 440 g/mol. The van der Waals surface area contributed by atoms with Crippen LogP contribution < -0.4 is 10.2 Å². The van der Waals surface area contributed by atoms with E-state index < -0.39 is 0 Å². The third kappa shape index (κ3) is 4.42. The maximum atomic E-state index is 5.93. The van der Waals surface area contributed by atoms with Gasteiger partial charge in [-0.25, -0.2) is 0 Å². The van der Waals surface area contributed by atoms with Crippen LogP contribution in [0.5, 0.6) is 0 Å². The Kier molecular flexibility index (Phi) is 6.33. The molecule has 0 aromatic heterocycles. The number of nitrogens with one attached hydrogen (secondary N) is 1. The van der Waals surface area contributed by atoms with Gasteiger partial charge in [-0.1, -0.05) is 58.1 Å². The lowest BCUT2D eigenvalue weighted by Crippen LogP contribution is -2.38. The van der Waals surface area contributed by atoms with Gasteiger partial charge in [0.1, 0.15) is 18.6 Å². The van der Waals surface area contributed by atoms with Gasteiger partial charge in [0.25, 0.3) is 0 Å². The van der Waals surface area contributed by atoms with Gasteiger partial charge in [-0.3, -0.25) is 5.32 Å². The Balaban J connectivity index is 1.50.